The first-order valence-corrected chi connectivity index (χ1v) is 13.8. The molecule has 1 unspecified atom stereocenters. The number of amides is 1. The molecule has 5 rings (SSSR count). The molecule has 198 valence electrons. The SMILES string of the molecule is COc1ccc(C2C(C#N)=C(N)N(c3nnc(SCC(=O)Nc4ccccc4F)s3)C3=C2C(=O)CCC3)cc1. The van der Waals surface area contributed by atoms with E-state index in [1.807, 2.05) is 12.1 Å². The van der Waals surface area contributed by atoms with E-state index in [4.69, 9.17) is 10.5 Å². The molecule has 1 aromatic heterocycles. The van der Waals surface area contributed by atoms with Gasteiger partial charge in [0, 0.05) is 17.7 Å². The number of ether oxygens (including phenoxy) is 1. The molecule has 0 saturated carbocycles. The van der Waals surface area contributed by atoms with Crippen LogP contribution < -0.4 is 20.7 Å². The zero-order chi connectivity index (χ0) is 27.5. The minimum Gasteiger partial charge on any atom is -0.497 e. The molecule has 2 aliphatic rings. The molecule has 2 aromatic carbocycles. The average molecular weight is 563 g/mol. The summed E-state index contributed by atoms with van der Waals surface area (Å²) in [6.45, 7) is 0. The van der Waals surface area contributed by atoms with Crippen LogP contribution in [-0.4, -0.2) is 34.8 Å². The van der Waals surface area contributed by atoms with Gasteiger partial charge in [0.25, 0.3) is 0 Å². The summed E-state index contributed by atoms with van der Waals surface area (Å²) in [5.41, 5.74) is 8.94. The number of anilines is 2. The monoisotopic (exact) mass is 562 g/mol. The number of hydrogen-bond donors (Lipinski definition) is 2. The molecule has 1 atom stereocenters. The van der Waals surface area contributed by atoms with E-state index < -0.39 is 17.6 Å². The number of Topliss-reactive ketones (excluding diaryl/α,β-unsaturated/α-hetero) is 1. The minimum atomic E-state index is -0.594. The number of ketones is 1. The average Bonchev–Trinajstić information content (AvgIpc) is 3.41. The number of aromatic nitrogens is 2. The lowest BCUT2D eigenvalue weighted by molar-refractivity contribution is -0.116. The number of para-hydroxylation sites is 1. The second-order valence-corrected chi connectivity index (χ2v) is 10.9. The minimum absolute atomic E-state index is 0.0102. The fourth-order valence-electron chi connectivity index (χ4n) is 4.66. The molecule has 0 radical (unpaired) electrons. The van der Waals surface area contributed by atoms with Crippen molar-refractivity contribution in [2.24, 2.45) is 5.73 Å². The first-order chi connectivity index (χ1) is 18.9. The van der Waals surface area contributed by atoms with Gasteiger partial charge in [-0.3, -0.25) is 14.5 Å². The Bertz CT molecular complexity index is 1540. The van der Waals surface area contributed by atoms with Gasteiger partial charge in [0.1, 0.15) is 17.4 Å². The van der Waals surface area contributed by atoms with Gasteiger partial charge in [-0.2, -0.15) is 5.26 Å². The highest BCUT2D eigenvalue weighted by Gasteiger charge is 2.41. The summed E-state index contributed by atoms with van der Waals surface area (Å²) in [4.78, 5) is 27.2. The van der Waals surface area contributed by atoms with Gasteiger partial charge in [0.15, 0.2) is 10.1 Å². The van der Waals surface area contributed by atoms with Crippen LogP contribution in [0.5, 0.6) is 5.75 Å². The number of nitrogens with two attached hydrogens (primary N) is 1. The number of thioether (sulfide) groups is 1. The lowest BCUT2D eigenvalue weighted by Gasteiger charge is -2.38. The molecule has 12 heteroatoms. The van der Waals surface area contributed by atoms with Gasteiger partial charge in [-0.1, -0.05) is 47.4 Å². The van der Waals surface area contributed by atoms with Crippen molar-refractivity contribution in [2.75, 3.05) is 23.1 Å². The van der Waals surface area contributed by atoms with Crippen LogP contribution in [0.2, 0.25) is 0 Å². The summed E-state index contributed by atoms with van der Waals surface area (Å²) in [5.74, 6) is -0.696. The number of allylic oxidation sites excluding steroid dienone is 3. The van der Waals surface area contributed by atoms with E-state index in [9.17, 15) is 19.2 Å². The number of carbonyl (C=O) groups excluding carboxylic acids is 2. The summed E-state index contributed by atoms with van der Waals surface area (Å²) >= 11 is 2.34. The van der Waals surface area contributed by atoms with E-state index in [1.54, 1.807) is 36.3 Å². The second kappa shape index (κ2) is 11.3. The smallest absolute Gasteiger partial charge is 0.234 e. The molecular weight excluding hydrogens is 539 g/mol. The van der Waals surface area contributed by atoms with Crippen LogP contribution in [-0.2, 0) is 9.59 Å². The van der Waals surface area contributed by atoms with Gasteiger partial charge in [0.2, 0.25) is 11.0 Å². The van der Waals surface area contributed by atoms with E-state index >= 15 is 0 Å². The van der Waals surface area contributed by atoms with E-state index in [1.165, 1.54) is 23.5 Å². The van der Waals surface area contributed by atoms with Gasteiger partial charge in [-0.05, 0) is 42.7 Å². The summed E-state index contributed by atoms with van der Waals surface area (Å²) in [6.07, 6.45) is 1.61. The lowest BCUT2D eigenvalue weighted by atomic mass is 9.76. The van der Waals surface area contributed by atoms with Crippen molar-refractivity contribution < 1.29 is 18.7 Å². The van der Waals surface area contributed by atoms with Crippen molar-refractivity contribution in [1.82, 2.24) is 10.2 Å². The summed E-state index contributed by atoms with van der Waals surface area (Å²) < 4.78 is 19.6. The highest BCUT2D eigenvalue weighted by atomic mass is 32.2. The van der Waals surface area contributed by atoms with Crippen LogP contribution in [0.4, 0.5) is 15.2 Å². The Hall–Kier alpha value is -4.21. The predicted octanol–water partition coefficient (Wildman–Crippen LogP) is 4.72. The summed E-state index contributed by atoms with van der Waals surface area (Å²) in [5, 5.41) is 21.5. The number of halogens is 1. The van der Waals surface area contributed by atoms with Crippen LogP contribution in [0.3, 0.4) is 0 Å². The second-order valence-electron chi connectivity index (χ2n) is 8.76. The molecule has 0 fully saturated rings. The van der Waals surface area contributed by atoms with E-state index in [2.05, 4.69) is 21.6 Å². The van der Waals surface area contributed by atoms with Crippen LogP contribution in [0.15, 0.2) is 75.5 Å². The Balaban J connectivity index is 1.42. The van der Waals surface area contributed by atoms with Crippen molar-refractivity contribution in [3.63, 3.8) is 0 Å². The topological polar surface area (TPSA) is 134 Å². The number of hydrogen-bond acceptors (Lipinski definition) is 10. The molecule has 3 N–H and O–H groups in total. The zero-order valence-electron chi connectivity index (χ0n) is 20.8. The maximum atomic E-state index is 13.8. The maximum absolute atomic E-state index is 13.8. The number of nitrogens with one attached hydrogen (secondary N) is 1. The number of methoxy groups -OCH3 is 1. The van der Waals surface area contributed by atoms with Gasteiger partial charge >= 0.3 is 0 Å². The van der Waals surface area contributed by atoms with E-state index in [-0.39, 0.29) is 28.6 Å². The number of benzene rings is 2. The van der Waals surface area contributed by atoms with Crippen molar-refractivity contribution >= 4 is 45.6 Å². The van der Waals surface area contributed by atoms with Crippen LogP contribution in [0.1, 0.15) is 30.7 Å². The summed E-state index contributed by atoms with van der Waals surface area (Å²) in [7, 11) is 1.57. The van der Waals surface area contributed by atoms with E-state index in [0.717, 1.165) is 17.3 Å². The number of rotatable bonds is 7. The van der Waals surface area contributed by atoms with Crippen molar-refractivity contribution in [1.29, 1.82) is 5.26 Å². The molecule has 1 amide bonds. The normalized spacial score (nSPS) is 17.1. The molecule has 0 spiro atoms. The van der Waals surface area contributed by atoms with Crippen molar-refractivity contribution in [3.8, 4) is 11.8 Å². The van der Waals surface area contributed by atoms with E-state index in [0.29, 0.717) is 45.8 Å². The molecule has 1 aliphatic carbocycles. The fraction of sp³-hybridized carbons (Fsp3) is 0.222. The van der Waals surface area contributed by atoms with Gasteiger partial charge in [-0.15, -0.1) is 10.2 Å². The number of nitriles is 1. The number of nitrogens with zero attached hydrogens (tertiary/aromatic N) is 4. The predicted molar refractivity (Wildman–Crippen MR) is 147 cm³/mol. The Kier molecular flexibility index (Phi) is 7.63. The Morgan fingerprint density at radius 3 is 2.74 bits per heavy atom. The molecule has 1 aliphatic heterocycles. The number of carbonyl (C=O) groups is 2. The van der Waals surface area contributed by atoms with Crippen molar-refractivity contribution in [2.45, 2.75) is 29.5 Å². The van der Waals surface area contributed by atoms with Gasteiger partial charge in [0.05, 0.1) is 36.1 Å². The highest BCUT2D eigenvalue weighted by molar-refractivity contribution is 8.01. The van der Waals surface area contributed by atoms with Crippen molar-refractivity contribution in [3.05, 3.63) is 82.6 Å². The summed E-state index contributed by atoms with van der Waals surface area (Å²) in [6, 6.07) is 15.4. The molecule has 0 saturated heterocycles. The molecule has 2 heterocycles. The first-order valence-electron chi connectivity index (χ1n) is 12.0. The first kappa shape index (κ1) is 26.4. The molecule has 3 aromatic rings. The maximum Gasteiger partial charge on any atom is 0.234 e. The Morgan fingerprint density at radius 2 is 2.03 bits per heavy atom. The third kappa shape index (κ3) is 5.23. The third-order valence-corrected chi connectivity index (χ3v) is 8.47. The molecule has 39 heavy (non-hydrogen) atoms. The highest BCUT2D eigenvalue weighted by Crippen LogP contribution is 2.47. The molecular formula is C27H23FN6O3S2. The Labute approximate surface area is 232 Å². The Morgan fingerprint density at radius 1 is 1.26 bits per heavy atom. The zero-order valence-corrected chi connectivity index (χ0v) is 22.4. The lowest BCUT2D eigenvalue weighted by Crippen LogP contribution is -2.38. The largest absolute Gasteiger partial charge is 0.497 e. The fourth-order valence-corrected chi connectivity index (χ4v) is 6.34. The van der Waals surface area contributed by atoms with Crippen LogP contribution >= 0.6 is 23.1 Å². The quantitative estimate of drug-likeness (QED) is 0.392. The molecule has 0 bridgehead atoms. The van der Waals surface area contributed by atoms with Crippen LogP contribution in [0.25, 0.3) is 0 Å². The standard InChI is InChI=1S/C27H23FN6O3S2/c1-37-16-11-9-15(10-12-16)23-17(13-29)25(30)34(20-7-4-8-21(35)24(20)23)26-32-33-27(39-26)38-14-22(36)31-19-6-3-2-5-18(19)28/h2-3,5-6,9-12,23H,4,7-8,14,30H2,1H3,(H,31,36). The van der Waals surface area contributed by atoms with Gasteiger partial charge < -0.3 is 15.8 Å². The molecule has 9 nitrogen and oxygen atoms in total. The van der Waals surface area contributed by atoms with Crippen LogP contribution in [0, 0.1) is 17.1 Å². The van der Waals surface area contributed by atoms with Gasteiger partial charge in [-0.25, -0.2) is 4.39 Å². The third-order valence-electron chi connectivity index (χ3n) is 6.42.